The van der Waals surface area contributed by atoms with Gasteiger partial charge in [-0.05, 0) is 52.3 Å². The van der Waals surface area contributed by atoms with Gasteiger partial charge in [0, 0.05) is 32.2 Å². The van der Waals surface area contributed by atoms with Crippen molar-refractivity contribution < 1.29 is 0 Å². The molecule has 0 aliphatic carbocycles. The second kappa shape index (κ2) is 9.78. The molecule has 0 saturated carbocycles. The molecule has 0 amide bonds. The third-order valence-corrected chi connectivity index (χ3v) is 4.53. The molecule has 2 rings (SSSR count). The minimum atomic E-state index is 0.146. The Hall–Kier alpha value is -1.59. The van der Waals surface area contributed by atoms with Crippen LogP contribution in [0.4, 0.5) is 0 Å². The van der Waals surface area contributed by atoms with E-state index in [2.05, 4.69) is 76.9 Å². The molecule has 1 fully saturated rings. The first-order valence-electron chi connectivity index (χ1n) is 9.48. The first-order chi connectivity index (χ1) is 12.0. The average Bonchev–Trinajstić information content (AvgIpc) is 3.11. The Bertz CT molecular complexity index is 515. The lowest BCUT2D eigenvalue weighted by Crippen LogP contribution is -2.46. The molecule has 0 bridgehead atoms. The molecule has 25 heavy (non-hydrogen) atoms. The molecule has 1 unspecified atom stereocenters. The summed E-state index contributed by atoms with van der Waals surface area (Å²) in [6.07, 6.45) is 2.60. The van der Waals surface area contributed by atoms with Crippen LogP contribution in [0.2, 0.25) is 0 Å². The third-order valence-electron chi connectivity index (χ3n) is 4.53. The highest BCUT2D eigenvalue weighted by Gasteiger charge is 2.23. The van der Waals surface area contributed by atoms with Crippen LogP contribution in [0.5, 0.6) is 0 Å². The van der Waals surface area contributed by atoms with Crippen LogP contribution in [0.1, 0.15) is 45.2 Å². The van der Waals surface area contributed by atoms with E-state index in [4.69, 9.17) is 0 Å². The summed E-state index contributed by atoms with van der Waals surface area (Å²) >= 11 is 0. The lowest BCUT2D eigenvalue weighted by molar-refractivity contribution is 0.245. The van der Waals surface area contributed by atoms with Gasteiger partial charge in [0.1, 0.15) is 0 Å². The van der Waals surface area contributed by atoms with Crippen LogP contribution in [0.15, 0.2) is 35.3 Å². The van der Waals surface area contributed by atoms with Gasteiger partial charge in [0.15, 0.2) is 5.96 Å². The van der Waals surface area contributed by atoms with Gasteiger partial charge in [-0.25, -0.2) is 0 Å². The van der Waals surface area contributed by atoms with Crippen molar-refractivity contribution in [2.24, 2.45) is 4.99 Å². The van der Waals surface area contributed by atoms with E-state index < -0.39 is 0 Å². The number of nitrogens with one attached hydrogen (secondary N) is 3. The lowest BCUT2D eigenvalue weighted by atomic mass is 10.1. The molecule has 1 aromatic rings. The number of benzene rings is 1. The van der Waals surface area contributed by atoms with Crippen molar-refractivity contribution in [3.63, 3.8) is 0 Å². The Labute approximate surface area is 153 Å². The summed E-state index contributed by atoms with van der Waals surface area (Å²) in [5.41, 5.74) is 1.52. The van der Waals surface area contributed by atoms with Crippen molar-refractivity contribution in [2.75, 3.05) is 39.8 Å². The van der Waals surface area contributed by atoms with E-state index >= 15 is 0 Å². The molecule has 0 aromatic heterocycles. The quantitative estimate of drug-likeness (QED) is 0.403. The standard InChI is InChI=1S/C20H35N5/c1-20(2,3)24-13-12-22-19(21-4)23-16-18(25-14-8-9-15-25)17-10-6-5-7-11-17/h5-7,10-11,18,24H,8-9,12-16H2,1-4H3,(H2,21,22,23). The SMILES string of the molecule is CN=C(NCCNC(C)(C)C)NCC(c1ccccc1)N1CCCC1. The topological polar surface area (TPSA) is 51.7 Å². The summed E-state index contributed by atoms with van der Waals surface area (Å²) in [7, 11) is 1.83. The van der Waals surface area contributed by atoms with E-state index in [1.54, 1.807) is 0 Å². The summed E-state index contributed by atoms with van der Waals surface area (Å²) in [6.45, 7) is 11.6. The Kier molecular flexibility index (Phi) is 7.72. The van der Waals surface area contributed by atoms with Crippen LogP contribution in [0, 0.1) is 0 Å². The predicted molar refractivity (Wildman–Crippen MR) is 107 cm³/mol. The van der Waals surface area contributed by atoms with Gasteiger partial charge >= 0.3 is 0 Å². The molecule has 1 saturated heterocycles. The van der Waals surface area contributed by atoms with E-state index in [1.165, 1.54) is 31.5 Å². The van der Waals surface area contributed by atoms with E-state index in [1.807, 2.05) is 7.05 Å². The molecule has 140 valence electrons. The first-order valence-corrected chi connectivity index (χ1v) is 9.48. The summed E-state index contributed by atoms with van der Waals surface area (Å²) in [5, 5.41) is 10.4. The van der Waals surface area contributed by atoms with Crippen LogP contribution in [-0.4, -0.2) is 56.2 Å². The summed E-state index contributed by atoms with van der Waals surface area (Å²) < 4.78 is 0. The fraction of sp³-hybridized carbons (Fsp3) is 0.650. The number of guanidine groups is 1. The molecule has 3 N–H and O–H groups in total. The molecule has 1 aliphatic rings. The smallest absolute Gasteiger partial charge is 0.191 e. The number of hydrogen-bond donors (Lipinski definition) is 3. The monoisotopic (exact) mass is 345 g/mol. The van der Waals surface area contributed by atoms with Gasteiger partial charge in [-0.3, -0.25) is 9.89 Å². The fourth-order valence-corrected chi connectivity index (χ4v) is 3.22. The van der Waals surface area contributed by atoms with Crippen LogP contribution < -0.4 is 16.0 Å². The van der Waals surface area contributed by atoms with Gasteiger partial charge in [-0.15, -0.1) is 0 Å². The molecule has 1 heterocycles. The summed E-state index contributed by atoms with van der Waals surface area (Å²) in [6, 6.07) is 11.2. The maximum absolute atomic E-state index is 4.36. The number of nitrogens with zero attached hydrogens (tertiary/aromatic N) is 2. The molecule has 0 radical (unpaired) electrons. The van der Waals surface area contributed by atoms with Crippen molar-refractivity contribution >= 4 is 5.96 Å². The van der Waals surface area contributed by atoms with Crippen LogP contribution in [0.25, 0.3) is 0 Å². The van der Waals surface area contributed by atoms with Crippen molar-refractivity contribution in [2.45, 2.75) is 45.2 Å². The highest BCUT2D eigenvalue weighted by atomic mass is 15.2. The molecule has 5 heteroatoms. The Balaban J connectivity index is 1.86. The van der Waals surface area contributed by atoms with Gasteiger partial charge in [0.25, 0.3) is 0 Å². The molecule has 1 aromatic carbocycles. The molecule has 0 spiro atoms. The normalized spacial score (nSPS) is 17.5. The molecule has 5 nitrogen and oxygen atoms in total. The van der Waals surface area contributed by atoms with Crippen LogP contribution in [0.3, 0.4) is 0 Å². The summed E-state index contributed by atoms with van der Waals surface area (Å²) in [5.74, 6) is 0.871. The van der Waals surface area contributed by atoms with E-state index in [-0.39, 0.29) is 5.54 Å². The van der Waals surface area contributed by atoms with E-state index in [0.29, 0.717) is 6.04 Å². The van der Waals surface area contributed by atoms with Gasteiger partial charge in [0.05, 0.1) is 6.04 Å². The Morgan fingerprint density at radius 3 is 2.36 bits per heavy atom. The van der Waals surface area contributed by atoms with Crippen LogP contribution >= 0.6 is 0 Å². The highest BCUT2D eigenvalue weighted by Crippen LogP contribution is 2.24. The molecule has 1 atom stereocenters. The zero-order valence-electron chi connectivity index (χ0n) is 16.3. The fourth-order valence-electron chi connectivity index (χ4n) is 3.22. The third kappa shape index (κ3) is 7.04. The van der Waals surface area contributed by atoms with E-state index in [0.717, 1.165) is 25.6 Å². The second-order valence-electron chi connectivity index (χ2n) is 7.73. The zero-order valence-corrected chi connectivity index (χ0v) is 16.3. The number of aliphatic imine (C=N–C) groups is 1. The van der Waals surface area contributed by atoms with Crippen LogP contribution in [-0.2, 0) is 0 Å². The average molecular weight is 346 g/mol. The van der Waals surface area contributed by atoms with Gasteiger partial charge in [-0.1, -0.05) is 30.3 Å². The maximum Gasteiger partial charge on any atom is 0.191 e. The number of likely N-dealkylation sites (tertiary alicyclic amines) is 1. The largest absolute Gasteiger partial charge is 0.355 e. The van der Waals surface area contributed by atoms with Crippen molar-refractivity contribution in [1.29, 1.82) is 0 Å². The number of rotatable bonds is 7. The molecular weight excluding hydrogens is 310 g/mol. The predicted octanol–water partition coefficient (Wildman–Crippen LogP) is 2.38. The minimum Gasteiger partial charge on any atom is -0.355 e. The molecular formula is C20H35N5. The zero-order chi connectivity index (χ0) is 18.1. The van der Waals surface area contributed by atoms with Gasteiger partial charge in [0.2, 0.25) is 0 Å². The Morgan fingerprint density at radius 1 is 1.08 bits per heavy atom. The second-order valence-corrected chi connectivity index (χ2v) is 7.73. The number of hydrogen-bond acceptors (Lipinski definition) is 3. The van der Waals surface area contributed by atoms with Crippen molar-refractivity contribution in [1.82, 2.24) is 20.9 Å². The first kappa shape index (κ1) is 19.7. The van der Waals surface area contributed by atoms with Gasteiger partial charge in [-0.2, -0.15) is 0 Å². The molecule has 1 aliphatic heterocycles. The van der Waals surface area contributed by atoms with E-state index in [9.17, 15) is 0 Å². The highest BCUT2D eigenvalue weighted by molar-refractivity contribution is 5.79. The maximum atomic E-state index is 4.36. The van der Waals surface area contributed by atoms with Crippen molar-refractivity contribution in [3.8, 4) is 0 Å². The minimum absolute atomic E-state index is 0.146. The van der Waals surface area contributed by atoms with Crippen molar-refractivity contribution in [3.05, 3.63) is 35.9 Å². The summed E-state index contributed by atoms with van der Waals surface area (Å²) in [4.78, 5) is 6.94. The lowest BCUT2D eigenvalue weighted by Gasteiger charge is -2.29. The van der Waals surface area contributed by atoms with Gasteiger partial charge < -0.3 is 16.0 Å². The Morgan fingerprint density at radius 2 is 1.76 bits per heavy atom.